The first kappa shape index (κ1) is 16.9. The number of ketones is 1. The van der Waals surface area contributed by atoms with E-state index in [4.69, 9.17) is 0 Å². The van der Waals surface area contributed by atoms with Crippen LogP contribution in [0.15, 0.2) is 29.2 Å². The van der Waals surface area contributed by atoms with E-state index in [2.05, 4.69) is 11.6 Å². The van der Waals surface area contributed by atoms with Crippen LogP contribution in [0.4, 0.5) is 0 Å². The first-order chi connectivity index (χ1) is 9.51. The Morgan fingerprint density at radius 3 is 2.25 bits per heavy atom. The normalized spacial score (nSPS) is 11.5. The average molecular weight is 297 g/mol. The third-order valence-electron chi connectivity index (χ3n) is 3.13. The van der Waals surface area contributed by atoms with E-state index in [0.29, 0.717) is 18.5 Å². The minimum absolute atomic E-state index is 0.0153. The Balaban J connectivity index is 2.61. The Labute approximate surface area is 121 Å². The summed E-state index contributed by atoms with van der Waals surface area (Å²) in [6.07, 6.45) is 4.54. The Morgan fingerprint density at radius 2 is 1.70 bits per heavy atom. The zero-order valence-electron chi connectivity index (χ0n) is 12.2. The first-order valence-corrected chi connectivity index (χ1v) is 8.62. The number of Topliss-reactive ketones (excluding diaryl/α,β-unsaturated/α-hetero) is 1. The molecule has 1 N–H and O–H groups in total. The predicted octanol–water partition coefficient (Wildman–Crippen LogP) is 3.14. The van der Waals surface area contributed by atoms with Gasteiger partial charge < -0.3 is 0 Å². The zero-order chi connectivity index (χ0) is 15.0. The van der Waals surface area contributed by atoms with E-state index in [1.54, 1.807) is 19.1 Å². The van der Waals surface area contributed by atoms with Gasteiger partial charge in [-0.1, -0.05) is 45.2 Å². The zero-order valence-corrected chi connectivity index (χ0v) is 13.0. The summed E-state index contributed by atoms with van der Waals surface area (Å²) in [6.45, 7) is 4.35. The van der Waals surface area contributed by atoms with Crippen LogP contribution in [0.2, 0.25) is 0 Å². The fraction of sp³-hybridized carbons (Fsp3) is 0.533. The summed E-state index contributed by atoms with van der Waals surface area (Å²) < 4.78 is 26.6. The molecule has 0 aliphatic heterocycles. The highest BCUT2D eigenvalue weighted by molar-refractivity contribution is 7.89. The number of carbonyl (C=O) groups is 1. The van der Waals surface area contributed by atoms with E-state index in [-0.39, 0.29) is 10.7 Å². The maximum atomic E-state index is 12.0. The van der Waals surface area contributed by atoms with Crippen molar-refractivity contribution in [2.45, 2.75) is 50.8 Å². The Hall–Kier alpha value is -1.20. The van der Waals surface area contributed by atoms with Crippen molar-refractivity contribution in [2.75, 3.05) is 6.54 Å². The van der Waals surface area contributed by atoms with Crippen molar-refractivity contribution in [1.82, 2.24) is 4.72 Å². The highest BCUT2D eigenvalue weighted by Gasteiger charge is 2.13. The lowest BCUT2D eigenvalue weighted by atomic mass is 10.1. The molecule has 0 aliphatic rings. The maximum Gasteiger partial charge on any atom is 0.240 e. The van der Waals surface area contributed by atoms with Gasteiger partial charge in [0.1, 0.15) is 0 Å². The van der Waals surface area contributed by atoms with Crippen LogP contribution in [0, 0.1) is 0 Å². The molecule has 0 amide bonds. The van der Waals surface area contributed by atoms with Crippen LogP contribution in [-0.2, 0) is 10.0 Å². The molecule has 0 aromatic heterocycles. The molecular formula is C15H23NO3S. The van der Waals surface area contributed by atoms with Crippen LogP contribution < -0.4 is 4.72 Å². The lowest BCUT2D eigenvalue weighted by Gasteiger charge is -2.07. The largest absolute Gasteiger partial charge is 0.294 e. The molecule has 1 rings (SSSR count). The number of hydrogen-bond donors (Lipinski definition) is 1. The number of hydrogen-bond acceptors (Lipinski definition) is 3. The van der Waals surface area contributed by atoms with Crippen LogP contribution in [0.3, 0.4) is 0 Å². The molecule has 0 heterocycles. The molecule has 5 heteroatoms. The van der Waals surface area contributed by atoms with Gasteiger partial charge >= 0.3 is 0 Å². The molecule has 4 nitrogen and oxygen atoms in total. The summed E-state index contributed by atoms with van der Waals surface area (Å²) in [5, 5.41) is 0. The number of nitrogens with one attached hydrogen (secondary N) is 1. The molecule has 0 unspecified atom stereocenters. The molecule has 1 aromatic carbocycles. The van der Waals surface area contributed by atoms with Gasteiger partial charge in [0.2, 0.25) is 10.0 Å². The fourth-order valence-electron chi connectivity index (χ4n) is 1.87. The molecule has 0 spiro atoms. The molecule has 112 valence electrons. The highest BCUT2D eigenvalue weighted by atomic mass is 32.2. The van der Waals surface area contributed by atoms with Crippen LogP contribution in [-0.4, -0.2) is 20.7 Å². The van der Waals surface area contributed by atoms with Gasteiger partial charge in [-0.05, 0) is 18.6 Å². The van der Waals surface area contributed by atoms with Crippen LogP contribution in [0.1, 0.15) is 56.3 Å². The second kappa shape index (κ2) is 8.17. The third-order valence-corrected chi connectivity index (χ3v) is 4.61. The number of unbranched alkanes of at least 4 members (excludes halogenated alkanes) is 3. The van der Waals surface area contributed by atoms with Crippen LogP contribution in [0.25, 0.3) is 0 Å². The van der Waals surface area contributed by atoms with Crippen molar-refractivity contribution in [3.05, 3.63) is 29.8 Å². The Bertz CT molecular complexity index is 521. The Morgan fingerprint density at radius 1 is 1.05 bits per heavy atom. The third kappa shape index (κ3) is 5.06. The summed E-state index contributed by atoms with van der Waals surface area (Å²) in [4.78, 5) is 11.7. The summed E-state index contributed by atoms with van der Waals surface area (Å²) in [6, 6.07) is 6.10. The van der Waals surface area contributed by atoms with E-state index in [1.165, 1.54) is 12.1 Å². The summed E-state index contributed by atoms with van der Waals surface area (Å²) in [5.41, 5.74) is 0.550. The second-order valence-electron chi connectivity index (χ2n) is 4.76. The second-order valence-corrected chi connectivity index (χ2v) is 6.53. The van der Waals surface area contributed by atoms with Crippen molar-refractivity contribution in [1.29, 1.82) is 0 Å². The monoisotopic (exact) mass is 297 g/mol. The van der Waals surface area contributed by atoms with E-state index < -0.39 is 10.0 Å². The van der Waals surface area contributed by atoms with Gasteiger partial charge in [0.05, 0.1) is 4.90 Å². The van der Waals surface area contributed by atoms with E-state index in [9.17, 15) is 13.2 Å². The SMILES string of the molecule is CCCCCCNS(=O)(=O)c1ccc(C(=O)CC)cc1. The van der Waals surface area contributed by atoms with Gasteiger partial charge in [0, 0.05) is 18.5 Å². The van der Waals surface area contributed by atoms with Gasteiger partial charge in [-0.3, -0.25) is 4.79 Å². The molecule has 20 heavy (non-hydrogen) atoms. The molecule has 0 radical (unpaired) electrons. The average Bonchev–Trinajstić information content (AvgIpc) is 2.46. The number of benzene rings is 1. The van der Waals surface area contributed by atoms with Gasteiger partial charge in [-0.15, -0.1) is 0 Å². The van der Waals surface area contributed by atoms with Crippen LogP contribution >= 0.6 is 0 Å². The fourth-order valence-corrected chi connectivity index (χ4v) is 2.94. The van der Waals surface area contributed by atoms with Crippen molar-refractivity contribution in [3.8, 4) is 0 Å². The predicted molar refractivity (Wildman–Crippen MR) is 80.4 cm³/mol. The van der Waals surface area contributed by atoms with Gasteiger partial charge in [0.15, 0.2) is 5.78 Å². The molecular weight excluding hydrogens is 274 g/mol. The van der Waals surface area contributed by atoms with Crippen molar-refractivity contribution in [3.63, 3.8) is 0 Å². The minimum Gasteiger partial charge on any atom is -0.294 e. The minimum atomic E-state index is -3.46. The van der Waals surface area contributed by atoms with Gasteiger partial charge in [0.25, 0.3) is 0 Å². The van der Waals surface area contributed by atoms with Crippen LogP contribution in [0.5, 0.6) is 0 Å². The summed E-state index contributed by atoms with van der Waals surface area (Å²) in [5.74, 6) is 0.0153. The number of carbonyl (C=O) groups excluding carboxylic acids is 1. The maximum absolute atomic E-state index is 12.0. The Kier molecular flexibility index (Phi) is 6.88. The van der Waals surface area contributed by atoms with Crippen molar-refractivity contribution >= 4 is 15.8 Å². The molecule has 0 fully saturated rings. The lowest BCUT2D eigenvalue weighted by Crippen LogP contribution is -2.24. The van der Waals surface area contributed by atoms with E-state index in [0.717, 1.165) is 25.7 Å². The quantitative estimate of drug-likeness (QED) is 0.562. The highest BCUT2D eigenvalue weighted by Crippen LogP contribution is 2.12. The molecule has 1 aromatic rings. The van der Waals surface area contributed by atoms with Crippen molar-refractivity contribution < 1.29 is 13.2 Å². The van der Waals surface area contributed by atoms with E-state index in [1.807, 2.05) is 0 Å². The smallest absolute Gasteiger partial charge is 0.240 e. The lowest BCUT2D eigenvalue weighted by molar-refractivity contribution is 0.0988. The standard InChI is InChI=1S/C15H23NO3S/c1-3-5-6-7-12-16-20(18,19)14-10-8-13(9-11-14)15(17)4-2/h8-11,16H,3-7,12H2,1-2H3. The molecule has 0 aliphatic carbocycles. The number of rotatable bonds is 9. The topological polar surface area (TPSA) is 63.2 Å². The molecule has 0 atom stereocenters. The van der Waals surface area contributed by atoms with E-state index >= 15 is 0 Å². The number of sulfonamides is 1. The van der Waals surface area contributed by atoms with Gasteiger partial charge in [-0.2, -0.15) is 0 Å². The molecule has 0 saturated heterocycles. The summed E-state index contributed by atoms with van der Waals surface area (Å²) >= 11 is 0. The first-order valence-electron chi connectivity index (χ1n) is 7.14. The summed E-state index contributed by atoms with van der Waals surface area (Å²) in [7, 11) is -3.46. The van der Waals surface area contributed by atoms with Gasteiger partial charge in [-0.25, -0.2) is 13.1 Å². The molecule has 0 saturated carbocycles. The molecule has 0 bridgehead atoms. The van der Waals surface area contributed by atoms with Crippen molar-refractivity contribution in [2.24, 2.45) is 0 Å².